The molecule has 0 aliphatic carbocycles. The molecule has 1 N–H and O–H groups in total. The molecule has 0 amide bonds. The van der Waals surface area contributed by atoms with Crippen LogP contribution in [0.1, 0.15) is 24.5 Å². The standard InChI is InChI=1S/C17H18BrFN2O/c18-14-9-16(11-20-10-14)21-7-5-13(6-8-21)17(22)12-1-3-15(19)4-2-12/h1-4,9-11,13,17,22H,5-8H2. The van der Waals surface area contributed by atoms with Gasteiger partial charge in [-0.1, -0.05) is 12.1 Å². The summed E-state index contributed by atoms with van der Waals surface area (Å²) in [5.41, 5.74) is 1.90. The molecule has 0 saturated carbocycles. The van der Waals surface area contributed by atoms with Crippen molar-refractivity contribution in [2.75, 3.05) is 18.0 Å². The lowest BCUT2D eigenvalue weighted by molar-refractivity contribution is 0.0929. The number of aliphatic hydroxyl groups is 1. The SMILES string of the molecule is OC(c1ccc(F)cc1)C1CCN(c2cncc(Br)c2)CC1. The minimum atomic E-state index is -0.525. The molecule has 22 heavy (non-hydrogen) atoms. The van der Waals surface area contributed by atoms with Crippen LogP contribution in [0, 0.1) is 11.7 Å². The van der Waals surface area contributed by atoms with E-state index in [0.717, 1.165) is 41.7 Å². The summed E-state index contributed by atoms with van der Waals surface area (Å²) < 4.78 is 13.9. The molecule has 3 rings (SSSR count). The normalized spacial score (nSPS) is 17.5. The fourth-order valence-electron chi connectivity index (χ4n) is 2.98. The van der Waals surface area contributed by atoms with Crippen LogP contribution >= 0.6 is 15.9 Å². The Labute approximate surface area is 137 Å². The van der Waals surface area contributed by atoms with Gasteiger partial charge in [-0.2, -0.15) is 0 Å². The highest BCUT2D eigenvalue weighted by Gasteiger charge is 2.26. The van der Waals surface area contributed by atoms with Crippen LogP contribution in [0.25, 0.3) is 0 Å². The second-order valence-electron chi connectivity index (χ2n) is 5.68. The zero-order valence-electron chi connectivity index (χ0n) is 12.1. The highest BCUT2D eigenvalue weighted by Crippen LogP contribution is 2.32. The van der Waals surface area contributed by atoms with Crippen LogP contribution in [0.3, 0.4) is 0 Å². The lowest BCUT2D eigenvalue weighted by Gasteiger charge is -2.35. The Kier molecular flexibility index (Phi) is 4.74. The molecule has 1 saturated heterocycles. The predicted molar refractivity (Wildman–Crippen MR) is 88.2 cm³/mol. The zero-order valence-corrected chi connectivity index (χ0v) is 13.7. The molecule has 0 radical (unpaired) electrons. The average molecular weight is 365 g/mol. The fourth-order valence-corrected chi connectivity index (χ4v) is 3.33. The van der Waals surface area contributed by atoms with Gasteiger partial charge in [0.2, 0.25) is 0 Å². The summed E-state index contributed by atoms with van der Waals surface area (Å²) in [5.74, 6) is -0.0604. The van der Waals surface area contributed by atoms with Gasteiger partial charge in [0, 0.05) is 23.8 Å². The van der Waals surface area contributed by atoms with Crippen molar-refractivity contribution in [2.24, 2.45) is 5.92 Å². The summed E-state index contributed by atoms with van der Waals surface area (Å²) in [7, 11) is 0. The Bertz CT molecular complexity index is 627. The molecule has 1 aromatic heterocycles. The number of anilines is 1. The van der Waals surface area contributed by atoms with E-state index in [1.165, 1.54) is 12.1 Å². The summed E-state index contributed by atoms with van der Waals surface area (Å²) in [6.45, 7) is 1.78. The first-order valence-electron chi connectivity index (χ1n) is 7.42. The summed E-state index contributed by atoms with van der Waals surface area (Å²) >= 11 is 3.44. The molecular formula is C17H18BrFN2O. The smallest absolute Gasteiger partial charge is 0.123 e. The predicted octanol–water partition coefficient (Wildman–Crippen LogP) is 3.93. The molecule has 1 unspecified atom stereocenters. The Morgan fingerprint density at radius 2 is 1.86 bits per heavy atom. The molecule has 1 atom stereocenters. The van der Waals surface area contributed by atoms with Gasteiger partial charge in [-0.15, -0.1) is 0 Å². The van der Waals surface area contributed by atoms with E-state index in [1.807, 2.05) is 6.20 Å². The van der Waals surface area contributed by atoms with Crippen molar-refractivity contribution in [3.63, 3.8) is 0 Å². The largest absolute Gasteiger partial charge is 0.388 e. The van der Waals surface area contributed by atoms with Crippen LogP contribution in [0.5, 0.6) is 0 Å². The van der Waals surface area contributed by atoms with Gasteiger partial charge in [-0.3, -0.25) is 4.98 Å². The van der Waals surface area contributed by atoms with Crippen molar-refractivity contribution >= 4 is 21.6 Å². The van der Waals surface area contributed by atoms with E-state index in [1.54, 1.807) is 18.3 Å². The molecule has 3 nitrogen and oxygen atoms in total. The quantitative estimate of drug-likeness (QED) is 0.895. The molecule has 1 aliphatic heterocycles. The molecule has 2 aromatic rings. The maximum atomic E-state index is 13.0. The molecule has 1 fully saturated rings. The molecule has 2 heterocycles. The fraction of sp³-hybridized carbons (Fsp3) is 0.353. The van der Waals surface area contributed by atoms with E-state index < -0.39 is 6.10 Å². The van der Waals surface area contributed by atoms with Gasteiger partial charge < -0.3 is 10.0 Å². The first kappa shape index (κ1) is 15.4. The van der Waals surface area contributed by atoms with Crippen molar-refractivity contribution < 1.29 is 9.50 Å². The van der Waals surface area contributed by atoms with Crippen molar-refractivity contribution in [1.29, 1.82) is 0 Å². The number of benzene rings is 1. The maximum absolute atomic E-state index is 13.0. The van der Waals surface area contributed by atoms with Gasteiger partial charge in [-0.25, -0.2) is 4.39 Å². The van der Waals surface area contributed by atoms with Crippen LogP contribution < -0.4 is 4.90 Å². The minimum absolute atomic E-state index is 0.210. The summed E-state index contributed by atoms with van der Waals surface area (Å²) in [6, 6.07) is 8.21. The van der Waals surface area contributed by atoms with Gasteiger partial charge in [0.15, 0.2) is 0 Å². The Hall–Kier alpha value is -1.46. The number of aromatic nitrogens is 1. The van der Waals surface area contributed by atoms with Gasteiger partial charge in [-0.05, 0) is 58.5 Å². The monoisotopic (exact) mass is 364 g/mol. The zero-order chi connectivity index (χ0) is 15.5. The highest BCUT2D eigenvalue weighted by molar-refractivity contribution is 9.10. The minimum Gasteiger partial charge on any atom is -0.388 e. The van der Waals surface area contributed by atoms with E-state index in [4.69, 9.17) is 0 Å². The van der Waals surface area contributed by atoms with E-state index in [-0.39, 0.29) is 11.7 Å². The third kappa shape index (κ3) is 3.47. The van der Waals surface area contributed by atoms with Crippen molar-refractivity contribution in [3.8, 4) is 0 Å². The maximum Gasteiger partial charge on any atom is 0.123 e. The van der Waals surface area contributed by atoms with E-state index in [9.17, 15) is 9.50 Å². The van der Waals surface area contributed by atoms with Gasteiger partial charge >= 0.3 is 0 Å². The molecule has 1 aromatic carbocycles. The lowest BCUT2D eigenvalue weighted by atomic mass is 9.87. The van der Waals surface area contributed by atoms with Crippen LogP contribution in [0.15, 0.2) is 47.2 Å². The third-order valence-electron chi connectivity index (χ3n) is 4.25. The summed E-state index contributed by atoms with van der Waals surface area (Å²) in [6.07, 6.45) is 4.93. The molecule has 0 bridgehead atoms. The second-order valence-corrected chi connectivity index (χ2v) is 6.60. The lowest BCUT2D eigenvalue weighted by Crippen LogP contribution is -2.35. The Balaban J connectivity index is 1.62. The van der Waals surface area contributed by atoms with Crippen molar-refractivity contribution in [3.05, 3.63) is 58.6 Å². The first-order chi connectivity index (χ1) is 10.6. The average Bonchev–Trinajstić information content (AvgIpc) is 2.55. The number of pyridine rings is 1. The Morgan fingerprint density at radius 1 is 1.18 bits per heavy atom. The summed E-state index contributed by atoms with van der Waals surface area (Å²) in [4.78, 5) is 6.48. The topological polar surface area (TPSA) is 36.4 Å². The van der Waals surface area contributed by atoms with Crippen LogP contribution in [-0.4, -0.2) is 23.2 Å². The number of halogens is 2. The molecule has 1 aliphatic rings. The van der Waals surface area contributed by atoms with E-state index >= 15 is 0 Å². The second kappa shape index (κ2) is 6.75. The molecule has 0 spiro atoms. The van der Waals surface area contributed by atoms with Crippen molar-refractivity contribution in [2.45, 2.75) is 18.9 Å². The van der Waals surface area contributed by atoms with Gasteiger partial charge in [0.05, 0.1) is 18.0 Å². The number of rotatable bonds is 3. The first-order valence-corrected chi connectivity index (χ1v) is 8.22. The van der Waals surface area contributed by atoms with Gasteiger partial charge in [0.1, 0.15) is 5.82 Å². The molecule has 5 heteroatoms. The van der Waals surface area contributed by atoms with E-state index in [2.05, 4.69) is 31.9 Å². The Morgan fingerprint density at radius 3 is 2.50 bits per heavy atom. The highest BCUT2D eigenvalue weighted by atomic mass is 79.9. The van der Waals surface area contributed by atoms with Crippen LogP contribution in [0.2, 0.25) is 0 Å². The van der Waals surface area contributed by atoms with Crippen LogP contribution in [0.4, 0.5) is 10.1 Å². The van der Waals surface area contributed by atoms with Crippen LogP contribution in [-0.2, 0) is 0 Å². The molecule has 116 valence electrons. The van der Waals surface area contributed by atoms with E-state index in [0.29, 0.717) is 0 Å². The number of piperidine rings is 1. The number of aliphatic hydroxyl groups excluding tert-OH is 1. The third-order valence-corrected chi connectivity index (χ3v) is 4.69. The van der Waals surface area contributed by atoms with Gasteiger partial charge in [0.25, 0.3) is 0 Å². The summed E-state index contributed by atoms with van der Waals surface area (Å²) in [5, 5.41) is 10.5. The number of hydrogen-bond donors (Lipinski definition) is 1. The number of nitrogens with zero attached hydrogens (tertiary/aromatic N) is 2. The molecular weight excluding hydrogens is 347 g/mol. The number of hydrogen-bond acceptors (Lipinski definition) is 3. The van der Waals surface area contributed by atoms with Crippen molar-refractivity contribution in [1.82, 2.24) is 4.98 Å².